The van der Waals surface area contributed by atoms with E-state index in [1.807, 2.05) is 37.3 Å². The fourth-order valence-corrected chi connectivity index (χ4v) is 1.89. The summed E-state index contributed by atoms with van der Waals surface area (Å²) in [5.74, 6) is -0.0599. The van der Waals surface area contributed by atoms with Gasteiger partial charge in [0, 0.05) is 32.0 Å². The lowest BCUT2D eigenvalue weighted by atomic mass is 10.1. The van der Waals surface area contributed by atoms with Crippen molar-refractivity contribution in [1.82, 2.24) is 10.6 Å². The molecule has 0 aliphatic heterocycles. The number of carbonyl (C=O) groups is 2. The zero-order chi connectivity index (χ0) is 15.5. The molecule has 2 amide bonds. The number of nitrogens with two attached hydrogens (primary N) is 1. The highest BCUT2D eigenvalue weighted by Gasteiger charge is 2.08. The second-order valence-electron chi connectivity index (χ2n) is 5.02. The van der Waals surface area contributed by atoms with Gasteiger partial charge in [-0.1, -0.05) is 37.3 Å². The van der Waals surface area contributed by atoms with Crippen molar-refractivity contribution in [2.24, 2.45) is 5.73 Å². The molecular weight excluding hydrogens is 266 g/mol. The van der Waals surface area contributed by atoms with Crippen LogP contribution in [0.5, 0.6) is 0 Å². The fourth-order valence-electron chi connectivity index (χ4n) is 1.89. The van der Waals surface area contributed by atoms with Gasteiger partial charge in [0.15, 0.2) is 0 Å². The van der Waals surface area contributed by atoms with Crippen LogP contribution in [0.4, 0.5) is 0 Å². The smallest absolute Gasteiger partial charge is 0.220 e. The molecule has 1 aromatic carbocycles. The molecule has 116 valence electrons. The average molecular weight is 291 g/mol. The molecule has 21 heavy (non-hydrogen) atoms. The van der Waals surface area contributed by atoms with Crippen LogP contribution >= 0.6 is 0 Å². The topological polar surface area (TPSA) is 84.2 Å². The van der Waals surface area contributed by atoms with Crippen LogP contribution in [0.15, 0.2) is 30.3 Å². The number of amides is 2. The molecule has 1 unspecified atom stereocenters. The highest BCUT2D eigenvalue weighted by molar-refractivity contribution is 5.78. The van der Waals surface area contributed by atoms with E-state index in [9.17, 15) is 9.59 Å². The first-order chi connectivity index (χ1) is 10.1. The summed E-state index contributed by atoms with van der Waals surface area (Å²) in [6, 6.07) is 9.45. The Balaban J connectivity index is 2.15. The molecule has 0 saturated heterocycles. The van der Waals surface area contributed by atoms with Crippen molar-refractivity contribution in [3.63, 3.8) is 0 Å². The lowest BCUT2D eigenvalue weighted by Crippen LogP contribution is -2.32. The first-order valence-corrected chi connectivity index (χ1v) is 7.47. The van der Waals surface area contributed by atoms with Crippen molar-refractivity contribution in [1.29, 1.82) is 0 Å². The zero-order valence-corrected chi connectivity index (χ0v) is 12.6. The second kappa shape index (κ2) is 9.94. The van der Waals surface area contributed by atoms with Crippen LogP contribution in [0, 0.1) is 0 Å². The Hall–Kier alpha value is -1.88. The van der Waals surface area contributed by atoms with Gasteiger partial charge in [-0.05, 0) is 18.4 Å². The summed E-state index contributed by atoms with van der Waals surface area (Å²) in [5, 5.41) is 5.59. The molecule has 0 saturated carbocycles. The Bertz CT molecular complexity index is 434. The van der Waals surface area contributed by atoms with E-state index in [4.69, 9.17) is 5.73 Å². The molecule has 0 aromatic heterocycles. The first-order valence-electron chi connectivity index (χ1n) is 7.47. The molecule has 1 rings (SSSR count). The van der Waals surface area contributed by atoms with E-state index < -0.39 is 0 Å². The normalized spacial score (nSPS) is 11.7. The van der Waals surface area contributed by atoms with Gasteiger partial charge in [0.2, 0.25) is 11.8 Å². The molecule has 1 aromatic rings. The molecule has 0 radical (unpaired) electrons. The summed E-state index contributed by atoms with van der Waals surface area (Å²) >= 11 is 0. The predicted molar refractivity (Wildman–Crippen MR) is 83.5 cm³/mol. The number of benzene rings is 1. The van der Waals surface area contributed by atoms with Crippen molar-refractivity contribution in [2.45, 2.75) is 38.6 Å². The molecule has 0 spiro atoms. The lowest BCUT2D eigenvalue weighted by Gasteiger charge is -2.13. The molecule has 0 aliphatic carbocycles. The lowest BCUT2D eigenvalue weighted by molar-refractivity contribution is -0.122. The molecule has 4 N–H and O–H groups in total. The third-order valence-electron chi connectivity index (χ3n) is 3.13. The van der Waals surface area contributed by atoms with Crippen LogP contribution in [0.1, 0.15) is 44.2 Å². The average Bonchev–Trinajstić information content (AvgIpc) is 2.51. The Morgan fingerprint density at radius 1 is 1.10 bits per heavy atom. The molecule has 5 nitrogen and oxygen atoms in total. The first kappa shape index (κ1) is 17.2. The van der Waals surface area contributed by atoms with Crippen LogP contribution in [-0.2, 0) is 9.59 Å². The van der Waals surface area contributed by atoms with Gasteiger partial charge < -0.3 is 16.4 Å². The largest absolute Gasteiger partial charge is 0.356 e. The number of nitrogens with one attached hydrogen (secondary N) is 2. The highest BCUT2D eigenvalue weighted by atomic mass is 16.2. The minimum absolute atomic E-state index is 0.00522. The van der Waals surface area contributed by atoms with Gasteiger partial charge >= 0.3 is 0 Å². The molecular formula is C16H25N3O2. The van der Waals surface area contributed by atoms with E-state index in [2.05, 4.69) is 10.6 Å². The minimum Gasteiger partial charge on any atom is -0.356 e. The number of rotatable bonds is 9. The van der Waals surface area contributed by atoms with Crippen molar-refractivity contribution in [2.75, 3.05) is 13.1 Å². The van der Waals surface area contributed by atoms with Crippen LogP contribution < -0.4 is 16.4 Å². The number of hydrogen-bond acceptors (Lipinski definition) is 3. The van der Waals surface area contributed by atoms with Crippen molar-refractivity contribution < 1.29 is 9.59 Å². The Kier molecular flexibility index (Phi) is 8.12. The summed E-state index contributed by atoms with van der Waals surface area (Å²) in [4.78, 5) is 23.0. The molecule has 0 aliphatic rings. The van der Waals surface area contributed by atoms with E-state index in [1.54, 1.807) is 0 Å². The van der Waals surface area contributed by atoms with Crippen molar-refractivity contribution in [3.05, 3.63) is 35.9 Å². The maximum absolute atomic E-state index is 11.7. The molecule has 0 fully saturated rings. The van der Waals surface area contributed by atoms with Crippen molar-refractivity contribution in [3.8, 4) is 0 Å². The van der Waals surface area contributed by atoms with Gasteiger partial charge in [-0.2, -0.15) is 0 Å². The maximum Gasteiger partial charge on any atom is 0.220 e. The molecule has 1 atom stereocenters. The van der Waals surface area contributed by atoms with Crippen LogP contribution in [0.3, 0.4) is 0 Å². The Morgan fingerprint density at radius 3 is 2.33 bits per heavy atom. The minimum atomic E-state index is -0.206. The molecule has 0 heterocycles. The van der Waals surface area contributed by atoms with Gasteiger partial charge in [0.05, 0.1) is 0 Å². The fraction of sp³-hybridized carbons (Fsp3) is 0.500. The molecule has 5 heteroatoms. The van der Waals surface area contributed by atoms with Gasteiger partial charge in [-0.3, -0.25) is 9.59 Å². The summed E-state index contributed by atoms with van der Waals surface area (Å²) in [6.45, 7) is 3.10. The monoisotopic (exact) mass is 291 g/mol. The van der Waals surface area contributed by atoms with Crippen molar-refractivity contribution >= 4 is 11.8 Å². The van der Waals surface area contributed by atoms with Crippen LogP contribution in [-0.4, -0.2) is 24.9 Å². The van der Waals surface area contributed by atoms with Gasteiger partial charge in [0.1, 0.15) is 0 Å². The third kappa shape index (κ3) is 7.46. The van der Waals surface area contributed by atoms with E-state index in [0.29, 0.717) is 32.4 Å². The van der Waals surface area contributed by atoms with E-state index in [-0.39, 0.29) is 17.9 Å². The second-order valence-corrected chi connectivity index (χ2v) is 5.02. The van der Waals surface area contributed by atoms with Gasteiger partial charge in [0.25, 0.3) is 0 Å². The summed E-state index contributed by atoms with van der Waals surface area (Å²) in [6.07, 6.45) is 2.21. The van der Waals surface area contributed by atoms with E-state index in [0.717, 1.165) is 12.0 Å². The quantitative estimate of drug-likeness (QED) is 0.644. The Morgan fingerprint density at radius 2 is 1.71 bits per heavy atom. The third-order valence-corrected chi connectivity index (χ3v) is 3.13. The summed E-state index contributed by atoms with van der Waals surface area (Å²) in [5.41, 5.74) is 6.99. The summed E-state index contributed by atoms with van der Waals surface area (Å²) < 4.78 is 0. The van der Waals surface area contributed by atoms with E-state index in [1.165, 1.54) is 0 Å². The number of carbonyl (C=O) groups excluding carboxylic acids is 2. The van der Waals surface area contributed by atoms with Crippen LogP contribution in [0.2, 0.25) is 0 Å². The van der Waals surface area contributed by atoms with Gasteiger partial charge in [-0.15, -0.1) is 0 Å². The predicted octanol–water partition coefficient (Wildman–Crippen LogP) is 1.50. The SMILES string of the molecule is CCCNC(=O)CCCC(=O)NCC(N)c1ccccc1. The number of hydrogen-bond donors (Lipinski definition) is 3. The summed E-state index contributed by atoms with van der Waals surface area (Å²) in [7, 11) is 0. The maximum atomic E-state index is 11.7. The van der Waals surface area contributed by atoms with Crippen LogP contribution in [0.25, 0.3) is 0 Å². The Labute approximate surface area is 126 Å². The highest BCUT2D eigenvalue weighted by Crippen LogP contribution is 2.08. The molecule has 0 bridgehead atoms. The standard InChI is InChI=1S/C16H25N3O2/c1-2-11-18-15(20)9-6-10-16(21)19-12-14(17)13-7-4-3-5-8-13/h3-5,7-8,14H,2,6,9-12,17H2,1H3,(H,18,20)(H,19,21). The van der Waals surface area contributed by atoms with E-state index >= 15 is 0 Å². The zero-order valence-electron chi connectivity index (χ0n) is 12.6. The van der Waals surface area contributed by atoms with Gasteiger partial charge in [-0.25, -0.2) is 0 Å².